The molecule has 2 aromatic carbocycles. The minimum Gasteiger partial charge on any atom is -0.496 e. The lowest BCUT2D eigenvalue weighted by atomic mass is 9.98. The van der Waals surface area contributed by atoms with E-state index in [-0.39, 0.29) is 0 Å². The standard InChI is InChI=1S/C17H21NO/c1-12-6-5-7-15(10-12)16-11-14(13(2)18-3)8-9-17(16)19-4/h5-11,13,18H,1-4H3. The van der Waals surface area contributed by atoms with Crippen LogP contribution in [-0.4, -0.2) is 14.2 Å². The van der Waals surface area contributed by atoms with Crippen molar-refractivity contribution >= 4 is 0 Å². The Morgan fingerprint density at radius 2 is 1.89 bits per heavy atom. The third kappa shape index (κ3) is 2.96. The largest absolute Gasteiger partial charge is 0.496 e. The molecule has 0 saturated carbocycles. The van der Waals surface area contributed by atoms with Gasteiger partial charge >= 0.3 is 0 Å². The summed E-state index contributed by atoms with van der Waals surface area (Å²) >= 11 is 0. The topological polar surface area (TPSA) is 21.3 Å². The van der Waals surface area contributed by atoms with Crippen LogP contribution >= 0.6 is 0 Å². The summed E-state index contributed by atoms with van der Waals surface area (Å²) in [6.45, 7) is 4.26. The van der Waals surface area contributed by atoms with Crippen LogP contribution in [0.1, 0.15) is 24.1 Å². The van der Waals surface area contributed by atoms with Gasteiger partial charge in [0.2, 0.25) is 0 Å². The first kappa shape index (κ1) is 13.6. The highest BCUT2D eigenvalue weighted by molar-refractivity contribution is 5.71. The first-order valence-electron chi connectivity index (χ1n) is 6.58. The number of hydrogen-bond donors (Lipinski definition) is 1. The summed E-state index contributed by atoms with van der Waals surface area (Å²) in [5.74, 6) is 0.914. The van der Waals surface area contributed by atoms with E-state index in [0.717, 1.165) is 11.3 Å². The van der Waals surface area contributed by atoms with E-state index >= 15 is 0 Å². The second-order valence-electron chi connectivity index (χ2n) is 4.84. The molecule has 0 spiro atoms. The number of aryl methyl sites for hydroxylation is 1. The molecular weight excluding hydrogens is 234 g/mol. The molecule has 2 nitrogen and oxygen atoms in total. The Kier molecular flexibility index (Phi) is 4.23. The number of ether oxygens (including phenoxy) is 1. The fourth-order valence-electron chi connectivity index (χ4n) is 2.20. The Hall–Kier alpha value is -1.80. The Morgan fingerprint density at radius 1 is 1.11 bits per heavy atom. The summed E-state index contributed by atoms with van der Waals surface area (Å²) in [4.78, 5) is 0. The fourth-order valence-corrected chi connectivity index (χ4v) is 2.20. The number of methoxy groups -OCH3 is 1. The normalized spacial score (nSPS) is 12.2. The molecule has 2 aromatic rings. The molecule has 2 rings (SSSR count). The molecule has 0 bridgehead atoms. The average molecular weight is 255 g/mol. The minimum atomic E-state index is 0.328. The molecule has 1 N–H and O–H groups in total. The summed E-state index contributed by atoms with van der Waals surface area (Å²) in [6, 6.07) is 15.2. The van der Waals surface area contributed by atoms with Crippen LogP contribution < -0.4 is 10.1 Å². The number of nitrogens with one attached hydrogen (secondary N) is 1. The second kappa shape index (κ2) is 5.89. The summed E-state index contributed by atoms with van der Waals surface area (Å²) in [5, 5.41) is 3.27. The number of rotatable bonds is 4. The van der Waals surface area contributed by atoms with E-state index < -0.39 is 0 Å². The van der Waals surface area contributed by atoms with Crippen molar-refractivity contribution < 1.29 is 4.74 Å². The van der Waals surface area contributed by atoms with Gasteiger partial charge in [-0.25, -0.2) is 0 Å². The molecule has 0 radical (unpaired) electrons. The van der Waals surface area contributed by atoms with Crippen LogP contribution in [0, 0.1) is 6.92 Å². The molecule has 1 unspecified atom stereocenters. The van der Waals surface area contributed by atoms with Crippen molar-refractivity contribution in [2.45, 2.75) is 19.9 Å². The van der Waals surface area contributed by atoms with E-state index in [2.05, 4.69) is 55.6 Å². The van der Waals surface area contributed by atoms with E-state index in [9.17, 15) is 0 Å². The van der Waals surface area contributed by atoms with Crippen LogP contribution in [-0.2, 0) is 0 Å². The SMILES string of the molecule is CNC(C)c1ccc(OC)c(-c2cccc(C)c2)c1. The summed E-state index contributed by atoms with van der Waals surface area (Å²) < 4.78 is 5.49. The highest BCUT2D eigenvalue weighted by Crippen LogP contribution is 2.32. The predicted octanol–water partition coefficient (Wildman–Crippen LogP) is 3.95. The first-order chi connectivity index (χ1) is 9.15. The van der Waals surface area contributed by atoms with E-state index in [1.165, 1.54) is 16.7 Å². The van der Waals surface area contributed by atoms with Gasteiger partial charge in [-0.15, -0.1) is 0 Å². The average Bonchev–Trinajstić information content (AvgIpc) is 2.45. The van der Waals surface area contributed by atoms with Gasteiger partial charge in [-0.1, -0.05) is 35.9 Å². The van der Waals surface area contributed by atoms with Crippen LogP contribution in [0.25, 0.3) is 11.1 Å². The van der Waals surface area contributed by atoms with Crippen LogP contribution in [0.4, 0.5) is 0 Å². The van der Waals surface area contributed by atoms with Gasteiger partial charge in [0.05, 0.1) is 7.11 Å². The van der Waals surface area contributed by atoms with Crippen molar-refractivity contribution in [2.75, 3.05) is 14.2 Å². The zero-order valence-corrected chi connectivity index (χ0v) is 12.0. The van der Waals surface area contributed by atoms with Gasteiger partial charge in [-0.2, -0.15) is 0 Å². The highest BCUT2D eigenvalue weighted by atomic mass is 16.5. The van der Waals surface area contributed by atoms with Crippen molar-refractivity contribution in [3.8, 4) is 16.9 Å². The molecule has 19 heavy (non-hydrogen) atoms. The molecule has 0 amide bonds. The lowest BCUT2D eigenvalue weighted by Gasteiger charge is -2.15. The van der Waals surface area contributed by atoms with Crippen molar-refractivity contribution in [2.24, 2.45) is 0 Å². The quantitative estimate of drug-likeness (QED) is 0.893. The Labute approximate surface area is 115 Å². The number of hydrogen-bond acceptors (Lipinski definition) is 2. The maximum Gasteiger partial charge on any atom is 0.126 e. The molecule has 2 heteroatoms. The fraction of sp³-hybridized carbons (Fsp3) is 0.294. The Morgan fingerprint density at radius 3 is 2.53 bits per heavy atom. The molecular formula is C17H21NO. The molecule has 0 heterocycles. The smallest absolute Gasteiger partial charge is 0.126 e. The summed E-state index contributed by atoms with van der Waals surface area (Å²) in [6.07, 6.45) is 0. The molecule has 1 atom stereocenters. The van der Waals surface area contributed by atoms with Crippen molar-refractivity contribution in [1.29, 1.82) is 0 Å². The number of benzene rings is 2. The van der Waals surface area contributed by atoms with E-state index in [4.69, 9.17) is 4.74 Å². The van der Waals surface area contributed by atoms with Gasteiger partial charge in [0.1, 0.15) is 5.75 Å². The zero-order chi connectivity index (χ0) is 13.8. The first-order valence-corrected chi connectivity index (χ1v) is 6.58. The predicted molar refractivity (Wildman–Crippen MR) is 80.6 cm³/mol. The summed E-state index contributed by atoms with van der Waals surface area (Å²) in [5.41, 5.74) is 4.86. The lowest BCUT2D eigenvalue weighted by Crippen LogP contribution is -2.12. The van der Waals surface area contributed by atoms with Crippen LogP contribution in [0.5, 0.6) is 5.75 Å². The Bertz CT molecular complexity index is 563. The molecule has 0 aliphatic carbocycles. The van der Waals surface area contributed by atoms with Gasteiger partial charge in [0, 0.05) is 11.6 Å². The van der Waals surface area contributed by atoms with E-state index in [1.54, 1.807) is 7.11 Å². The van der Waals surface area contributed by atoms with Crippen LogP contribution in [0.3, 0.4) is 0 Å². The maximum atomic E-state index is 5.49. The third-order valence-electron chi connectivity index (χ3n) is 3.49. The van der Waals surface area contributed by atoms with Crippen molar-refractivity contribution in [1.82, 2.24) is 5.32 Å². The molecule has 0 saturated heterocycles. The maximum absolute atomic E-state index is 5.49. The Balaban J connectivity index is 2.53. The van der Waals surface area contributed by atoms with Gasteiger partial charge in [0.25, 0.3) is 0 Å². The molecule has 0 aliphatic heterocycles. The summed E-state index contributed by atoms with van der Waals surface area (Å²) in [7, 11) is 3.69. The van der Waals surface area contributed by atoms with Crippen molar-refractivity contribution in [3.63, 3.8) is 0 Å². The second-order valence-corrected chi connectivity index (χ2v) is 4.84. The van der Waals surface area contributed by atoms with E-state index in [0.29, 0.717) is 6.04 Å². The van der Waals surface area contributed by atoms with Crippen LogP contribution in [0.2, 0.25) is 0 Å². The monoisotopic (exact) mass is 255 g/mol. The van der Waals surface area contributed by atoms with E-state index in [1.807, 2.05) is 13.1 Å². The van der Waals surface area contributed by atoms with Crippen LogP contribution in [0.15, 0.2) is 42.5 Å². The lowest BCUT2D eigenvalue weighted by molar-refractivity contribution is 0.416. The van der Waals surface area contributed by atoms with Gasteiger partial charge < -0.3 is 10.1 Å². The molecule has 0 aromatic heterocycles. The van der Waals surface area contributed by atoms with Gasteiger partial charge in [0.15, 0.2) is 0 Å². The van der Waals surface area contributed by atoms with Gasteiger partial charge in [-0.3, -0.25) is 0 Å². The molecule has 0 aliphatic rings. The van der Waals surface area contributed by atoms with Gasteiger partial charge in [-0.05, 0) is 44.2 Å². The minimum absolute atomic E-state index is 0.328. The highest BCUT2D eigenvalue weighted by Gasteiger charge is 2.10. The molecule has 100 valence electrons. The zero-order valence-electron chi connectivity index (χ0n) is 12.0. The van der Waals surface area contributed by atoms with Crippen molar-refractivity contribution in [3.05, 3.63) is 53.6 Å². The molecule has 0 fully saturated rings. The third-order valence-corrected chi connectivity index (χ3v) is 3.49.